The van der Waals surface area contributed by atoms with Crippen molar-refractivity contribution >= 4 is 22.8 Å². The Morgan fingerprint density at radius 2 is 2.18 bits per heavy atom. The van der Waals surface area contributed by atoms with Gasteiger partial charge in [-0.05, 0) is 24.6 Å². The van der Waals surface area contributed by atoms with E-state index in [2.05, 4.69) is 19.9 Å². The minimum absolute atomic E-state index is 0.661. The molecular weight excluding hydrogens is 236 g/mol. The van der Waals surface area contributed by atoms with E-state index in [1.54, 1.807) is 6.20 Å². The molecule has 0 saturated carbocycles. The molecule has 0 atom stereocenters. The van der Waals surface area contributed by atoms with E-state index in [1.165, 1.54) is 6.33 Å². The first kappa shape index (κ1) is 10.2. The van der Waals surface area contributed by atoms with Crippen LogP contribution in [0.3, 0.4) is 0 Å². The van der Waals surface area contributed by atoms with Gasteiger partial charge in [-0.1, -0.05) is 17.7 Å². The number of H-pyrrole nitrogens is 1. The zero-order chi connectivity index (χ0) is 11.8. The molecule has 3 aromatic rings. The van der Waals surface area contributed by atoms with E-state index in [0.29, 0.717) is 10.7 Å². The summed E-state index contributed by atoms with van der Waals surface area (Å²) in [7, 11) is 0. The van der Waals surface area contributed by atoms with Crippen molar-refractivity contribution in [3.05, 3.63) is 41.3 Å². The van der Waals surface area contributed by atoms with Gasteiger partial charge in [0.05, 0.1) is 6.20 Å². The van der Waals surface area contributed by atoms with Crippen molar-refractivity contribution in [1.29, 1.82) is 0 Å². The van der Waals surface area contributed by atoms with Crippen LogP contribution in [-0.2, 0) is 0 Å². The Balaban J connectivity index is 2.23. The van der Waals surface area contributed by atoms with Crippen molar-refractivity contribution in [2.45, 2.75) is 6.92 Å². The van der Waals surface area contributed by atoms with Gasteiger partial charge in [0.1, 0.15) is 17.7 Å². The molecule has 0 fully saturated rings. The number of imidazole rings is 1. The molecular formula is C12H9ClN4. The lowest BCUT2D eigenvalue weighted by Gasteiger charge is -2.02. The second-order valence-corrected chi connectivity index (χ2v) is 4.24. The van der Waals surface area contributed by atoms with Crippen molar-refractivity contribution in [3.8, 4) is 11.4 Å². The summed E-state index contributed by atoms with van der Waals surface area (Å²) < 4.78 is 0. The Labute approximate surface area is 103 Å². The van der Waals surface area contributed by atoms with Crippen LogP contribution < -0.4 is 0 Å². The molecule has 4 nitrogen and oxygen atoms in total. The van der Waals surface area contributed by atoms with Crippen LogP contribution in [0.25, 0.3) is 22.6 Å². The van der Waals surface area contributed by atoms with Crippen LogP contribution in [0.5, 0.6) is 0 Å². The fourth-order valence-corrected chi connectivity index (χ4v) is 1.91. The van der Waals surface area contributed by atoms with E-state index in [1.807, 2.05) is 25.1 Å². The highest BCUT2D eigenvalue weighted by atomic mass is 35.5. The van der Waals surface area contributed by atoms with Crippen LogP contribution in [0.15, 0.2) is 30.7 Å². The van der Waals surface area contributed by atoms with Crippen molar-refractivity contribution in [2.75, 3.05) is 0 Å². The first-order valence-corrected chi connectivity index (χ1v) is 5.54. The van der Waals surface area contributed by atoms with E-state index in [4.69, 9.17) is 11.6 Å². The highest BCUT2D eigenvalue weighted by molar-refractivity contribution is 6.30. The Hall–Kier alpha value is -1.94. The van der Waals surface area contributed by atoms with Crippen molar-refractivity contribution in [3.63, 3.8) is 0 Å². The third-order valence-corrected chi connectivity index (χ3v) is 2.85. The van der Waals surface area contributed by atoms with Gasteiger partial charge in [-0.3, -0.25) is 0 Å². The molecule has 0 aliphatic heterocycles. The molecule has 0 amide bonds. The maximum Gasteiger partial charge on any atom is 0.181 e. The smallest absolute Gasteiger partial charge is 0.181 e. The molecule has 84 valence electrons. The predicted octanol–water partition coefficient (Wildman–Crippen LogP) is 2.98. The Morgan fingerprint density at radius 1 is 1.29 bits per heavy atom. The van der Waals surface area contributed by atoms with Crippen LogP contribution in [0.2, 0.25) is 5.02 Å². The maximum atomic E-state index is 6.00. The first-order chi connectivity index (χ1) is 8.24. The molecule has 5 heteroatoms. The van der Waals surface area contributed by atoms with E-state index in [-0.39, 0.29) is 0 Å². The van der Waals surface area contributed by atoms with Crippen molar-refractivity contribution < 1.29 is 0 Å². The molecule has 0 spiro atoms. The molecule has 0 saturated heterocycles. The highest BCUT2D eigenvalue weighted by Crippen LogP contribution is 2.25. The monoisotopic (exact) mass is 244 g/mol. The Morgan fingerprint density at radius 3 is 3.00 bits per heavy atom. The van der Waals surface area contributed by atoms with E-state index >= 15 is 0 Å². The van der Waals surface area contributed by atoms with E-state index in [0.717, 1.165) is 22.5 Å². The third kappa shape index (κ3) is 1.76. The topological polar surface area (TPSA) is 54.5 Å². The number of nitrogens with zero attached hydrogens (tertiary/aromatic N) is 3. The first-order valence-electron chi connectivity index (χ1n) is 5.16. The lowest BCUT2D eigenvalue weighted by atomic mass is 10.1. The number of hydrogen-bond acceptors (Lipinski definition) is 3. The molecule has 3 rings (SSSR count). The summed E-state index contributed by atoms with van der Waals surface area (Å²) in [5.74, 6) is 0.764. The zero-order valence-corrected chi connectivity index (χ0v) is 9.86. The van der Waals surface area contributed by atoms with Crippen LogP contribution in [0.1, 0.15) is 5.56 Å². The molecule has 0 aliphatic rings. The number of benzene rings is 1. The van der Waals surface area contributed by atoms with Gasteiger partial charge >= 0.3 is 0 Å². The minimum Gasteiger partial charge on any atom is -0.335 e. The summed E-state index contributed by atoms with van der Waals surface area (Å²) in [6.45, 7) is 2.02. The minimum atomic E-state index is 0.661. The van der Waals surface area contributed by atoms with Crippen LogP contribution in [0.4, 0.5) is 0 Å². The average Bonchev–Trinajstić information content (AvgIpc) is 2.75. The molecule has 1 aromatic carbocycles. The zero-order valence-electron chi connectivity index (χ0n) is 9.11. The summed E-state index contributed by atoms with van der Waals surface area (Å²) in [6.07, 6.45) is 3.19. The molecule has 0 aliphatic carbocycles. The number of hydrogen-bond donors (Lipinski definition) is 1. The van der Waals surface area contributed by atoms with Gasteiger partial charge in [0.2, 0.25) is 0 Å². The Kier molecular flexibility index (Phi) is 2.30. The third-order valence-electron chi connectivity index (χ3n) is 2.62. The molecule has 17 heavy (non-hydrogen) atoms. The average molecular weight is 245 g/mol. The molecule has 2 heterocycles. The van der Waals surface area contributed by atoms with Crippen molar-refractivity contribution in [1.82, 2.24) is 19.9 Å². The van der Waals surface area contributed by atoms with Gasteiger partial charge in [0.25, 0.3) is 0 Å². The summed E-state index contributed by atoms with van der Waals surface area (Å²) in [6, 6.07) is 5.72. The van der Waals surface area contributed by atoms with Gasteiger partial charge in [0.15, 0.2) is 5.65 Å². The molecule has 0 radical (unpaired) electrons. The number of rotatable bonds is 1. The number of fused-ring (bicyclic) bond motifs is 1. The quantitative estimate of drug-likeness (QED) is 0.716. The molecule has 2 aromatic heterocycles. The largest absolute Gasteiger partial charge is 0.335 e. The molecule has 0 bridgehead atoms. The lowest BCUT2D eigenvalue weighted by Crippen LogP contribution is -1.85. The summed E-state index contributed by atoms with van der Waals surface area (Å²) in [4.78, 5) is 15.6. The fraction of sp³-hybridized carbons (Fsp3) is 0.0833. The van der Waals surface area contributed by atoms with Crippen LogP contribution in [-0.4, -0.2) is 19.9 Å². The SMILES string of the molecule is Cc1ccc(Cl)cc1-c1nc2ncncc2[nH]1. The van der Waals surface area contributed by atoms with Gasteiger partial charge in [-0.15, -0.1) is 0 Å². The Bertz CT molecular complexity index is 657. The maximum absolute atomic E-state index is 6.00. The number of halogens is 1. The van der Waals surface area contributed by atoms with Gasteiger partial charge in [0, 0.05) is 10.6 Å². The van der Waals surface area contributed by atoms with E-state index < -0.39 is 0 Å². The number of aromatic nitrogens is 4. The highest BCUT2D eigenvalue weighted by Gasteiger charge is 2.08. The number of aromatic amines is 1. The van der Waals surface area contributed by atoms with E-state index in [9.17, 15) is 0 Å². The van der Waals surface area contributed by atoms with Gasteiger partial charge in [-0.25, -0.2) is 15.0 Å². The van der Waals surface area contributed by atoms with Gasteiger partial charge in [-0.2, -0.15) is 0 Å². The van der Waals surface area contributed by atoms with Gasteiger partial charge < -0.3 is 4.98 Å². The summed E-state index contributed by atoms with van der Waals surface area (Å²) >= 11 is 6.00. The van der Waals surface area contributed by atoms with Crippen molar-refractivity contribution in [2.24, 2.45) is 0 Å². The lowest BCUT2D eigenvalue weighted by molar-refractivity contribution is 1.20. The predicted molar refractivity (Wildman–Crippen MR) is 66.9 cm³/mol. The van der Waals surface area contributed by atoms with Crippen LogP contribution in [0, 0.1) is 6.92 Å². The normalized spacial score (nSPS) is 10.9. The van der Waals surface area contributed by atoms with Crippen LogP contribution >= 0.6 is 11.6 Å². The second-order valence-electron chi connectivity index (χ2n) is 3.80. The standard InChI is InChI=1S/C12H9ClN4/c1-7-2-3-8(13)4-9(7)11-16-10-5-14-6-15-12(10)17-11/h2-6H,1H3,(H,14,15,16,17). The molecule has 1 N–H and O–H groups in total. The summed E-state index contributed by atoms with van der Waals surface area (Å²) in [5, 5.41) is 0.692. The molecule has 0 unspecified atom stereocenters. The summed E-state index contributed by atoms with van der Waals surface area (Å²) in [5.41, 5.74) is 3.58. The number of aryl methyl sites for hydroxylation is 1. The number of nitrogens with one attached hydrogen (secondary N) is 1. The second kappa shape index (κ2) is 3.82. The fourth-order valence-electron chi connectivity index (χ4n) is 1.74.